The monoisotopic (exact) mass is 245 g/mol. The van der Waals surface area contributed by atoms with Crippen molar-refractivity contribution in [3.8, 4) is 0 Å². The van der Waals surface area contributed by atoms with Crippen LogP contribution in [0.25, 0.3) is 0 Å². The SMILES string of the molecule is CC(=O)O[C@@H]1[C@@H](N)[C@@H]2OC[C@@H](O2)[C@H]1OC(C)=O. The van der Waals surface area contributed by atoms with Crippen LogP contribution in [0, 0.1) is 0 Å². The first-order chi connectivity index (χ1) is 7.99. The number of rotatable bonds is 2. The molecule has 0 saturated carbocycles. The van der Waals surface area contributed by atoms with E-state index >= 15 is 0 Å². The van der Waals surface area contributed by atoms with E-state index in [1.54, 1.807) is 0 Å². The third kappa shape index (κ3) is 2.41. The molecule has 0 unspecified atom stereocenters. The van der Waals surface area contributed by atoms with E-state index in [1.807, 2.05) is 0 Å². The van der Waals surface area contributed by atoms with Gasteiger partial charge in [-0.2, -0.15) is 0 Å². The molecule has 0 aromatic rings. The van der Waals surface area contributed by atoms with Crippen molar-refractivity contribution in [1.82, 2.24) is 0 Å². The summed E-state index contributed by atoms with van der Waals surface area (Å²) >= 11 is 0. The lowest BCUT2D eigenvalue weighted by atomic mass is 9.99. The molecule has 2 aliphatic heterocycles. The number of nitrogens with two attached hydrogens (primary N) is 1. The molecule has 2 saturated heterocycles. The first kappa shape index (κ1) is 12.3. The largest absolute Gasteiger partial charge is 0.457 e. The Balaban J connectivity index is 2.16. The second-order valence-corrected chi connectivity index (χ2v) is 4.10. The maximum Gasteiger partial charge on any atom is 0.303 e. The Morgan fingerprint density at radius 1 is 1.18 bits per heavy atom. The van der Waals surface area contributed by atoms with Crippen molar-refractivity contribution in [2.45, 2.75) is 44.5 Å². The molecule has 96 valence electrons. The maximum atomic E-state index is 11.0. The summed E-state index contributed by atoms with van der Waals surface area (Å²) in [5.41, 5.74) is 5.86. The molecule has 0 aromatic carbocycles. The van der Waals surface area contributed by atoms with Crippen molar-refractivity contribution < 1.29 is 28.5 Å². The van der Waals surface area contributed by atoms with Gasteiger partial charge in [0.2, 0.25) is 0 Å². The molecule has 2 heterocycles. The number of fused-ring (bicyclic) bond motifs is 2. The van der Waals surface area contributed by atoms with Gasteiger partial charge in [0.25, 0.3) is 0 Å². The molecule has 7 nitrogen and oxygen atoms in total. The zero-order valence-electron chi connectivity index (χ0n) is 9.62. The molecule has 2 N–H and O–H groups in total. The summed E-state index contributed by atoms with van der Waals surface area (Å²) < 4.78 is 20.9. The normalized spacial score (nSPS) is 39.8. The minimum Gasteiger partial charge on any atom is -0.457 e. The van der Waals surface area contributed by atoms with Crippen molar-refractivity contribution >= 4 is 11.9 Å². The number of esters is 2. The molecule has 2 rings (SSSR count). The Morgan fingerprint density at radius 3 is 2.35 bits per heavy atom. The van der Waals surface area contributed by atoms with Crippen LogP contribution in [0.15, 0.2) is 0 Å². The number of hydrogen-bond acceptors (Lipinski definition) is 7. The van der Waals surface area contributed by atoms with Gasteiger partial charge in [-0.15, -0.1) is 0 Å². The van der Waals surface area contributed by atoms with Crippen molar-refractivity contribution in [1.29, 1.82) is 0 Å². The molecule has 5 atom stereocenters. The van der Waals surface area contributed by atoms with Gasteiger partial charge in [-0.1, -0.05) is 0 Å². The summed E-state index contributed by atoms with van der Waals surface area (Å²) in [6.45, 7) is 2.82. The van der Waals surface area contributed by atoms with Gasteiger partial charge in [0.1, 0.15) is 6.10 Å². The van der Waals surface area contributed by atoms with Gasteiger partial charge in [-0.25, -0.2) is 0 Å². The molecule has 0 aromatic heterocycles. The smallest absolute Gasteiger partial charge is 0.303 e. The van der Waals surface area contributed by atoms with E-state index in [0.29, 0.717) is 0 Å². The first-order valence-electron chi connectivity index (χ1n) is 5.36. The minimum absolute atomic E-state index is 0.272. The molecular weight excluding hydrogens is 230 g/mol. The lowest BCUT2D eigenvalue weighted by Gasteiger charge is -2.37. The Morgan fingerprint density at radius 2 is 1.76 bits per heavy atom. The van der Waals surface area contributed by atoms with Crippen molar-refractivity contribution in [3.05, 3.63) is 0 Å². The molecule has 2 fully saturated rings. The Kier molecular flexibility index (Phi) is 3.32. The summed E-state index contributed by atoms with van der Waals surface area (Å²) in [6, 6.07) is -0.665. The van der Waals surface area contributed by atoms with Crippen LogP contribution in [0.5, 0.6) is 0 Å². The van der Waals surface area contributed by atoms with E-state index in [-0.39, 0.29) is 6.61 Å². The van der Waals surface area contributed by atoms with Crippen molar-refractivity contribution in [2.24, 2.45) is 5.73 Å². The molecule has 2 aliphatic rings. The van der Waals surface area contributed by atoms with Gasteiger partial charge in [0, 0.05) is 13.8 Å². The second kappa shape index (κ2) is 4.59. The Bertz CT molecular complexity index is 317. The van der Waals surface area contributed by atoms with E-state index in [0.717, 1.165) is 0 Å². The summed E-state index contributed by atoms with van der Waals surface area (Å²) in [5.74, 6) is -0.961. The number of carbonyl (C=O) groups is 2. The van der Waals surface area contributed by atoms with E-state index in [9.17, 15) is 9.59 Å². The predicted molar refractivity (Wildman–Crippen MR) is 53.7 cm³/mol. The van der Waals surface area contributed by atoms with Crippen LogP contribution in [0.1, 0.15) is 13.8 Å². The van der Waals surface area contributed by atoms with Crippen molar-refractivity contribution in [3.63, 3.8) is 0 Å². The van der Waals surface area contributed by atoms with E-state index in [4.69, 9.17) is 24.7 Å². The maximum absolute atomic E-state index is 11.0. The zero-order valence-corrected chi connectivity index (χ0v) is 9.62. The number of ether oxygens (including phenoxy) is 4. The zero-order chi connectivity index (χ0) is 12.6. The molecule has 0 spiro atoms. The average Bonchev–Trinajstić information content (AvgIpc) is 2.65. The Hall–Kier alpha value is -1.18. The summed E-state index contributed by atoms with van der Waals surface area (Å²) in [4.78, 5) is 22.0. The molecular formula is C10H15NO6. The van der Waals surface area contributed by atoms with Crippen LogP contribution in [0.3, 0.4) is 0 Å². The van der Waals surface area contributed by atoms with Gasteiger partial charge < -0.3 is 24.7 Å². The second-order valence-electron chi connectivity index (χ2n) is 4.10. The molecule has 2 bridgehead atoms. The lowest BCUT2D eigenvalue weighted by molar-refractivity contribution is -0.209. The highest BCUT2D eigenvalue weighted by Gasteiger charge is 2.52. The van der Waals surface area contributed by atoms with Gasteiger partial charge in [-0.05, 0) is 0 Å². The van der Waals surface area contributed by atoms with Crippen LogP contribution in [-0.2, 0) is 28.5 Å². The van der Waals surface area contributed by atoms with Crippen molar-refractivity contribution in [2.75, 3.05) is 6.61 Å². The molecule has 0 amide bonds. The van der Waals surface area contributed by atoms with E-state index < -0.39 is 42.6 Å². The van der Waals surface area contributed by atoms with Crippen LogP contribution < -0.4 is 5.73 Å². The first-order valence-corrected chi connectivity index (χ1v) is 5.36. The summed E-state index contributed by atoms with van der Waals surface area (Å²) in [6.07, 6.45) is -2.50. The molecule has 7 heteroatoms. The van der Waals surface area contributed by atoms with Gasteiger partial charge in [-0.3, -0.25) is 9.59 Å². The topological polar surface area (TPSA) is 97.1 Å². The highest BCUT2D eigenvalue weighted by atomic mass is 16.7. The van der Waals surface area contributed by atoms with E-state index in [2.05, 4.69) is 0 Å². The standard InChI is InChI=1S/C10H15NO6/c1-4(12)15-8-6-3-14-10(17-6)7(11)9(8)16-5(2)13/h6-10H,3,11H2,1-2H3/t6-,7-,8-,9-,10-/m1/s1. The minimum atomic E-state index is -0.734. The van der Waals surface area contributed by atoms with E-state index in [1.165, 1.54) is 13.8 Å². The average molecular weight is 245 g/mol. The fraction of sp³-hybridized carbons (Fsp3) is 0.800. The lowest BCUT2D eigenvalue weighted by Crippen LogP contribution is -2.60. The third-order valence-corrected chi connectivity index (χ3v) is 2.72. The van der Waals surface area contributed by atoms with Gasteiger partial charge in [0.15, 0.2) is 18.5 Å². The molecule has 0 aliphatic carbocycles. The van der Waals surface area contributed by atoms with Gasteiger partial charge >= 0.3 is 11.9 Å². The van der Waals surface area contributed by atoms with Crippen LogP contribution in [0.4, 0.5) is 0 Å². The highest BCUT2D eigenvalue weighted by molar-refractivity contribution is 5.67. The fourth-order valence-corrected chi connectivity index (χ4v) is 2.07. The summed E-state index contributed by atoms with van der Waals surface area (Å²) in [7, 11) is 0. The molecule has 0 radical (unpaired) electrons. The third-order valence-electron chi connectivity index (χ3n) is 2.72. The summed E-state index contributed by atoms with van der Waals surface area (Å²) in [5, 5.41) is 0. The Labute approximate surface area is 98.1 Å². The van der Waals surface area contributed by atoms with Crippen LogP contribution in [-0.4, -0.2) is 49.2 Å². The number of carbonyl (C=O) groups excluding carboxylic acids is 2. The number of hydrogen-bond donors (Lipinski definition) is 1. The molecule has 17 heavy (non-hydrogen) atoms. The van der Waals surface area contributed by atoms with Crippen LogP contribution in [0.2, 0.25) is 0 Å². The quantitative estimate of drug-likeness (QED) is 0.619. The predicted octanol–water partition coefficient (Wildman–Crippen LogP) is -1.07. The highest BCUT2D eigenvalue weighted by Crippen LogP contribution is 2.30. The fourth-order valence-electron chi connectivity index (χ4n) is 2.07. The van der Waals surface area contributed by atoms with Gasteiger partial charge in [0.05, 0.1) is 12.6 Å². The van der Waals surface area contributed by atoms with Crippen LogP contribution >= 0.6 is 0 Å².